The van der Waals surface area contributed by atoms with Crippen molar-refractivity contribution in [3.63, 3.8) is 0 Å². The summed E-state index contributed by atoms with van der Waals surface area (Å²) in [6.45, 7) is 6.73. The molecule has 0 aromatic rings. The van der Waals surface area contributed by atoms with Crippen molar-refractivity contribution < 1.29 is 0 Å². The second kappa shape index (κ2) is 8.14. The Labute approximate surface area is 113 Å². The van der Waals surface area contributed by atoms with Crippen LogP contribution in [0.5, 0.6) is 0 Å². The van der Waals surface area contributed by atoms with E-state index in [1.165, 1.54) is 25.7 Å². The quantitative estimate of drug-likeness (QED) is 0.617. The summed E-state index contributed by atoms with van der Waals surface area (Å²) in [5, 5.41) is 8.61. The van der Waals surface area contributed by atoms with Gasteiger partial charge in [-0.15, -0.1) is 0 Å². The number of hydrogen-bond donors (Lipinski definition) is 0. The van der Waals surface area contributed by atoms with E-state index in [9.17, 15) is 0 Å². The maximum atomic E-state index is 8.61. The first kappa shape index (κ1) is 15.0. The molecule has 0 N–H and O–H groups in total. The number of nitriles is 1. The van der Waals surface area contributed by atoms with Crippen LogP contribution in [0.15, 0.2) is 24.3 Å². The van der Waals surface area contributed by atoms with E-state index in [0.29, 0.717) is 18.3 Å². The van der Waals surface area contributed by atoms with Gasteiger partial charge in [0.05, 0.1) is 12.5 Å². The molecule has 1 atom stereocenters. The highest BCUT2D eigenvalue weighted by molar-refractivity contribution is 4.99. The fourth-order valence-electron chi connectivity index (χ4n) is 3.20. The van der Waals surface area contributed by atoms with E-state index in [4.69, 9.17) is 5.26 Å². The summed E-state index contributed by atoms with van der Waals surface area (Å²) in [4.78, 5) is 0. The lowest BCUT2D eigenvalue weighted by Gasteiger charge is -2.33. The zero-order valence-electron chi connectivity index (χ0n) is 12.1. The molecule has 0 radical (unpaired) electrons. The maximum absolute atomic E-state index is 8.61. The van der Waals surface area contributed by atoms with Crippen molar-refractivity contribution in [2.24, 2.45) is 23.7 Å². The van der Waals surface area contributed by atoms with Crippen LogP contribution in [-0.2, 0) is 0 Å². The fourth-order valence-corrected chi connectivity index (χ4v) is 3.20. The van der Waals surface area contributed by atoms with Crippen molar-refractivity contribution in [3.8, 4) is 6.07 Å². The molecule has 0 saturated heterocycles. The standard InChI is InChI=1S/C17H27N/c1-4-7-15-9-11-16(12-10-15)17(14(2)3)8-5-6-13-18/h4-5,7-8,14-17H,6,9-12H2,1-3H3/b7-4+,8-5-. The molecule has 1 unspecified atom stereocenters. The minimum atomic E-state index is 0.553. The van der Waals surface area contributed by atoms with Gasteiger partial charge in [0.1, 0.15) is 0 Å². The van der Waals surface area contributed by atoms with E-state index in [1.807, 2.05) is 0 Å². The Balaban J connectivity index is 2.53. The van der Waals surface area contributed by atoms with Gasteiger partial charge in [-0.2, -0.15) is 5.26 Å². The largest absolute Gasteiger partial charge is 0.198 e. The van der Waals surface area contributed by atoms with Crippen molar-refractivity contribution in [2.75, 3.05) is 0 Å². The Morgan fingerprint density at radius 1 is 1.22 bits per heavy atom. The summed E-state index contributed by atoms with van der Waals surface area (Å²) in [7, 11) is 0. The second-order valence-corrected chi connectivity index (χ2v) is 5.81. The van der Waals surface area contributed by atoms with Crippen LogP contribution in [0.2, 0.25) is 0 Å². The first-order chi connectivity index (χ1) is 8.69. The number of nitrogens with zero attached hydrogens (tertiary/aromatic N) is 1. The minimum Gasteiger partial charge on any atom is -0.198 e. The molecule has 0 aromatic heterocycles. The summed E-state index contributed by atoms with van der Waals surface area (Å²) in [5.74, 6) is 2.97. The van der Waals surface area contributed by atoms with Crippen molar-refractivity contribution >= 4 is 0 Å². The predicted octanol–water partition coefficient (Wildman–Crippen LogP) is 5.11. The van der Waals surface area contributed by atoms with E-state index in [-0.39, 0.29) is 0 Å². The van der Waals surface area contributed by atoms with Crippen LogP contribution in [0, 0.1) is 35.0 Å². The summed E-state index contributed by atoms with van der Waals surface area (Å²) < 4.78 is 0. The van der Waals surface area contributed by atoms with Gasteiger partial charge in [-0.1, -0.05) is 38.2 Å². The molecule has 0 aliphatic heterocycles. The Bertz CT molecular complexity index is 311. The third kappa shape index (κ3) is 4.69. The Hall–Kier alpha value is -1.03. The van der Waals surface area contributed by atoms with Gasteiger partial charge in [0.2, 0.25) is 0 Å². The number of allylic oxidation sites excluding steroid dienone is 4. The van der Waals surface area contributed by atoms with Crippen LogP contribution in [0.4, 0.5) is 0 Å². The zero-order chi connectivity index (χ0) is 13.4. The molecule has 0 spiro atoms. The molecule has 1 aliphatic carbocycles. The molecule has 18 heavy (non-hydrogen) atoms. The number of rotatable bonds is 5. The molecule has 1 fully saturated rings. The Kier molecular flexibility index (Phi) is 6.80. The predicted molar refractivity (Wildman–Crippen MR) is 78.0 cm³/mol. The Morgan fingerprint density at radius 2 is 1.89 bits per heavy atom. The molecule has 0 heterocycles. The first-order valence-corrected chi connectivity index (χ1v) is 7.35. The van der Waals surface area contributed by atoms with Gasteiger partial charge in [0.25, 0.3) is 0 Å². The normalized spacial score (nSPS) is 26.8. The van der Waals surface area contributed by atoms with Crippen LogP contribution < -0.4 is 0 Å². The monoisotopic (exact) mass is 245 g/mol. The molecule has 0 aromatic carbocycles. The van der Waals surface area contributed by atoms with Gasteiger partial charge < -0.3 is 0 Å². The molecule has 100 valence electrons. The molecule has 1 rings (SSSR count). The van der Waals surface area contributed by atoms with Crippen molar-refractivity contribution in [1.82, 2.24) is 0 Å². The lowest BCUT2D eigenvalue weighted by atomic mass is 9.72. The van der Waals surface area contributed by atoms with Crippen molar-refractivity contribution in [2.45, 2.75) is 52.9 Å². The van der Waals surface area contributed by atoms with Gasteiger partial charge in [-0.25, -0.2) is 0 Å². The zero-order valence-corrected chi connectivity index (χ0v) is 12.1. The fraction of sp³-hybridized carbons (Fsp3) is 0.706. The maximum Gasteiger partial charge on any atom is 0.0663 e. The van der Waals surface area contributed by atoms with Gasteiger partial charge >= 0.3 is 0 Å². The lowest BCUT2D eigenvalue weighted by Crippen LogP contribution is -2.23. The molecule has 1 saturated carbocycles. The molecule has 0 bridgehead atoms. The molecule has 0 amide bonds. The summed E-state index contributed by atoms with van der Waals surface area (Å²) in [6.07, 6.45) is 14.8. The average molecular weight is 245 g/mol. The number of hydrogen-bond acceptors (Lipinski definition) is 1. The van der Waals surface area contributed by atoms with E-state index >= 15 is 0 Å². The van der Waals surface area contributed by atoms with Gasteiger partial charge in [-0.3, -0.25) is 0 Å². The van der Waals surface area contributed by atoms with Gasteiger partial charge in [0, 0.05) is 0 Å². The van der Waals surface area contributed by atoms with Crippen LogP contribution in [0.1, 0.15) is 52.9 Å². The first-order valence-electron chi connectivity index (χ1n) is 7.35. The van der Waals surface area contributed by atoms with Crippen molar-refractivity contribution in [1.29, 1.82) is 5.26 Å². The Morgan fingerprint density at radius 3 is 2.39 bits per heavy atom. The molecular formula is C17H27N. The van der Waals surface area contributed by atoms with Crippen LogP contribution in [0.3, 0.4) is 0 Å². The highest BCUT2D eigenvalue weighted by Crippen LogP contribution is 2.37. The van der Waals surface area contributed by atoms with E-state index in [2.05, 4.69) is 51.1 Å². The van der Waals surface area contributed by atoms with Crippen molar-refractivity contribution in [3.05, 3.63) is 24.3 Å². The summed E-state index contributed by atoms with van der Waals surface area (Å²) >= 11 is 0. The molecule has 1 heteroatoms. The highest BCUT2D eigenvalue weighted by atomic mass is 14.3. The van der Waals surface area contributed by atoms with E-state index in [0.717, 1.165) is 11.8 Å². The highest BCUT2D eigenvalue weighted by Gasteiger charge is 2.26. The SMILES string of the molecule is C/C=C/C1CCC(C(/C=C\CC#N)C(C)C)CC1. The smallest absolute Gasteiger partial charge is 0.0663 e. The van der Waals surface area contributed by atoms with Gasteiger partial charge in [0.15, 0.2) is 0 Å². The third-order valence-corrected chi connectivity index (χ3v) is 4.16. The third-order valence-electron chi connectivity index (χ3n) is 4.16. The van der Waals surface area contributed by atoms with Crippen LogP contribution in [0.25, 0.3) is 0 Å². The minimum absolute atomic E-state index is 0.553. The second-order valence-electron chi connectivity index (χ2n) is 5.81. The van der Waals surface area contributed by atoms with Crippen LogP contribution >= 0.6 is 0 Å². The topological polar surface area (TPSA) is 23.8 Å². The molecule has 1 aliphatic rings. The van der Waals surface area contributed by atoms with E-state index < -0.39 is 0 Å². The molecule has 1 nitrogen and oxygen atoms in total. The van der Waals surface area contributed by atoms with E-state index in [1.54, 1.807) is 0 Å². The lowest BCUT2D eigenvalue weighted by molar-refractivity contribution is 0.216. The molecular weight excluding hydrogens is 218 g/mol. The summed E-state index contributed by atoms with van der Waals surface area (Å²) in [6, 6.07) is 2.19. The van der Waals surface area contributed by atoms with Crippen LogP contribution in [-0.4, -0.2) is 0 Å². The van der Waals surface area contributed by atoms with Gasteiger partial charge in [-0.05, 0) is 56.3 Å². The average Bonchev–Trinajstić information content (AvgIpc) is 2.36. The summed E-state index contributed by atoms with van der Waals surface area (Å²) in [5.41, 5.74) is 0.